The van der Waals surface area contributed by atoms with E-state index in [1.807, 2.05) is 32.8 Å². The number of carbonyl (C=O) groups excluding carboxylic acids is 8. The van der Waals surface area contributed by atoms with Crippen molar-refractivity contribution in [2.75, 3.05) is 61.5 Å². The van der Waals surface area contributed by atoms with Crippen molar-refractivity contribution in [3.8, 4) is 57.1 Å². The number of benzene rings is 5. The van der Waals surface area contributed by atoms with Gasteiger partial charge in [0, 0.05) is 60.5 Å². The number of aromatic hydroxyl groups is 3. The number of aliphatic hydroxyl groups is 6. The molecule has 0 aliphatic carbocycles. The highest BCUT2D eigenvalue weighted by Crippen LogP contribution is 2.50. The Balaban J connectivity index is 1.19. The summed E-state index contributed by atoms with van der Waals surface area (Å²) in [6.45, 7) is 9.71. The van der Waals surface area contributed by atoms with E-state index in [2.05, 4.69) is 42.5 Å². The van der Waals surface area contributed by atoms with Gasteiger partial charge in [0.15, 0.2) is 30.2 Å². The van der Waals surface area contributed by atoms with Gasteiger partial charge in [-0.15, -0.1) is 0 Å². The van der Waals surface area contributed by atoms with Crippen molar-refractivity contribution in [1.82, 2.24) is 52.3 Å². The van der Waals surface area contributed by atoms with Crippen LogP contribution in [0.5, 0.6) is 46.0 Å². The summed E-state index contributed by atoms with van der Waals surface area (Å²) in [6, 6.07) is 3.29. The number of nitrogens with zero attached hydrogens (tertiary/aromatic N) is 2. The fraction of sp³-hybridized carbons (Fsp3) is 0.542. The van der Waals surface area contributed by atoms with Gasteiger partial charge in [-0.3, -0.25) is 38.4 Å². The molecule has 5 aromatic carbocycles. The first kappa shape index (κ1) is 92.2. The van der Waals surface area contributed by atoms with Crippen molar-refractivity contribution in [2.45, 2.75) is 220 Å². The molecule has 8 heterocycles. The van der Waals surface area contributed by atoms with Crippen molar-refractivity contribution in [2.24, 2.45) is 17.4 Å². The van der Waals surface area contributed by atoms with Crippen LogP contribution < -0.4 is 68.2 Å². The molecule has 38 heteroatoms. The molecule has 121 heavy (non-hydrogen) atoms. The third-order valence-corrected chi connectivity index (χ3v) is 22.5. The number of phenols is 3. The molecule has 11 bridgehead atoms. The molecule has 0 unspecified atom stereocenters. The summed E-state index contributed by atoms with van der Waals surface area (Å²) in [5.41, 5.74) is 8.71. The molecule has 0 radical (unpaired) electrons. The Labute approximate surface area is 703 Å². The minimum Gasteiger partial charge on any atom is -0.508 e. The number of likely N-dealkylation sites (N-methyl/N-ethyl adjacent to an activating group) is 1. The molecule has 5 aromatic rings. The smallest absolute Gasteiger partial charge is 0.248 e. The average Bonchev–Trinajstić information content (AvgIpc) is 0.880. The van der Waals surface area contributed by atoms with E-state index in [4.69, 9.17) is 61.0 Å². The molecule has 3 saturated heterocycles. The topological polar surface area (TPSA) is 547 Å². The number of halogens is 1. The minimum atomic E-state index is -2.30. The number of fused-ring (bicyclic) bond motifs is 15. The van der Waals surface area contributed by atoms with Gasteiger partial charge in [-0.25, -0.2) is 0 Å². The van der Waals surface area contributed by atoms with Crippen LogP contribution in [0.4, 0.5) is 0 Å². The van der Waals surface area contributed by atoms with Crippen molar-refractivity contribution in [1.29, 1.82) is 0 Å². The lowest BCUT2D eigenvalue weighted by molar-refractivity contribution is -0.333. The van der Waals surface area contributed by atoms with Crippen LogP contribution in [0.25, 0.3) is 11.1 Å². The second kappa shape index (κ2) is 38.9. The van der Waals surface area contributed by atoms with Gasteiger partial charge < -0.3 is 148 Å². The molecule has 3 fully saturated rings. The standard InChI is InChI=1S/C83H111ClN12O25/c1-37(2)26-50(87-7)74(107)93-64-66(102)42-18-22-54(49(84)28-42)117-56-30-43-29-55(70(56)121-81-71(68(104)67(103)57(36-97)118-81)120-59-35-83(6,86)73(106)39(4)115-59)116-46-19-15-40(16-20-46)69(119-58-34-82(5,85)72(105)38(3)114-58)65-80(113)92-63(76(109)88-23-13-25-96(10)11)48-31-45(99)33-53(101)60(48)47-27-41(17-21-52(47)100)61(77(110)94-65)91-78(111)62(43)90-75(108)51(89-79(64)112)32-44(98)14-12-24-95(8)9/h15-22,27-31,33,37-39,50-51,57-59,61-69,71-73,81,87,97,99-106H,12-14,23-26,32,34-36,85-86H2,1-11H3,(H,88,109)(H,89,112)(H,90,108)(H,91,111)(H,92,113)(H,93,107)(H,94,110)/t38-,39-,50+,51-,57+,58-,59-,61+,62+,63-,64+,65-,66+,67+,68-,69+,71+,72-,73-,81-,82-,83-/m0/s1. The average molecular weight is 1710 g/mol. The van der Waals surface area contributed by atoms with Crippen molar-refractivity contribution >= 4 is 58.7 Å². The first-order valence-corrected chi connectivity index (χ1v) is 40.5. The zero-order chi connectivity index (χ0) is 88.1. The van der Waals surface area contributed by atoms with Crippen molar-refractivity contribution < 1.29 is 122 Å². The molecule has 7 amide bonds. The maximum atomic E-state index is 16.7. The zero-order valence-corrected chi connectivity index (χ0v) is 69.7. The fourth-order valence-corrected chi connectivity index (χ4v) is 15.9. The Kier molecular flexibility index (Phi) is 29.7. The summed E-state index contributed by atoms with van der Waals surface area (Å²) in [6.07, 6.45) is -21.4. The number of ketones is 1. The van der Waals surface area contributed by atoms with Gasteiger partial charge in [-0.05, 0) is 184 Å². The van der Waals surface area contributed by atoms with Gasteiger partial charge in [-0.1, -0.05) is 49.7 Å². The highest BCUT2D eigenvalue weighted by Gasteiger charge is 2.53. The number of nitrogens with two attached hydrogens (primary N) is 2. The second-order valence-electron chi connectivity index (χ2n) is 33.2. The van der Waals surface area contributed by atoms with Crippen LogP contribution in [0.3, 0.4) is 0 Å². The van der Waals surface area contributed by atoms with Gasteiger partial charge in [-0.2, -0.15) is 0 Å². The number of phenolic OH excluding ortho intramolecular Hbond substituents is 3. The van der Waals surface area contributed by atoms with Crippen molar-refractivity contribution in [3.05, 3.63) is 118 Å². The van der Waals surface area contributed by atoms with E-state index in [-0.39, 0.29) is 94.5 Å². The molecular weight excluding hydrogens is 1600 g/mol. The molecule has 8 aliphatic rings. The highest BCUT2D eigenvalue weighted by atomic mass is 35.5. The minimum absolute atomic E-state index is 0.00415. The molecule has 0 spiro atoms. The normalized spacial score (nSPS) is 30.5. The van der Waals surface area contributed by atoms with Crippen LogP contribution in [-0.2, 0) is 62.0 Å². The number of Topliss-reactive ketones (excluding diaryl/α,β-unsaturated/α-hetero) is 1. The SMILES string of the molecule is CN[C@H](CC(C)C)C(=O)N[C@H]1C(=O)N[C@@H](CC(=O)CCCN(C)C)C(=O)N[C@H]2C(=O)N[C@H]3C(=O)N[C@H](C(=O)N[C@H](C(=O)NCCCN(C)C)c4cc(O)cc(O)c4-c4cc3ccc4O)[C@H](O[C@H]3C[C@](C)(N)[C@@H](O)[C@H](C)O3)c3ccc(cc3)Oc3cc2cc(c3O[C@@H]2O[C@H](CO)[C@@H](O)[C@H](O)[C@H]2O[C@H]2C[C@](C)(N)[C@@H](O)[C@H](C)O2)Oc2ccc(cc2Cl)[C@H]1O. The molecule has 0 saturated carbocycles. The summed E-state index contributed by atoms with van der Waals surface area (Å²) in [5.74, 6) is -13.0. The third-order valence-electron chi connectivity index (χ3n) is 22.3. The number of amides is 7. The predicted molar refractivity (Wildman–Crippen MR) is 433 cm³/mol. The monoisotopic (exact) mass is 1710 g/mol. The maximum absolute atomic E-state index is 16.7. The Hall–Kier alpha value is -9.49. The van der Waals surface area contributed by atoms with E-state index in [0.717, 1.165) is 36.4 Å². The largest absolute Gasteiger partial charge is 0.508 e. The molecule has 13 rings (SSSR count). The summed E-state index contributed by atoms with van der Waals surface area (Å²) in [5, 5.41) is 127. The number of aliphatic hydroxyl groups excluding tert-OH is 6. The Morgan fingerprint density at radius 3 is 1.88 bits per heavy atom. The first-order valence-electron chi connectivity index (χ1n) is 40.1. The van der Waals surface area contributed by atoms with Gasteiger partial charge in [0.05, 0.1) is 42.1 Å². The summed E-state index contributed by atoms with van der Waals surface area (Å²) in [4.78, 5) is 128. The molecule has 22 atom stereocenters. The highest BCUT2D eigenvalue weighted by molar-refractivity contribution is 6.32. The molecule has 37 nitrogen and oxygen atoms in total. The van der Waals surface area contributed by atoms with Crippen LogP contribution in [0, 0.1) is 5.92 Å². The summed E-state index contributed by atoms with van der Waals surface area (Å²) in [7, 11) is 8.67. The number of ether oxygens (including phenoxy) is 8. The van der Waals surface area contributed by atoms with E-state index < -0.39 is 234 Å². The van der Waals surface area contributed by atoms with Crippen LogP contribution in [-0.4, -0.2) is 267 Å². The van der Waals surface area contributed by atoms with Crippen LogP contribution in [0.2, 0.25) is 5.02 Å². The van der Waals surface area contributed by atoms with Gasteiger partial charge in [0.25, 0.3) is 0 Å². The van der Waals surface area contributed by atoms with E-state index in [9.17, 15) is 55.5 Å². The van der Waals surface area contributed by atoms with E-state index in [1.54, 1.807) is 19.0 Å². The van der Waals surface area contributed by atoms with Crippen LogP contribution in [0.1, 0.15) is 145 Å². The van der Waals surface area contributed by atoms with Crippen LogP contribution in [0.15, 0.2) is 84.9 Å². The summed E-state index contributed by atoms with van der Waals surface area (Å²) < 4.78 is 52.6. The second-order valence-corrected chi connectivity index (χ2v) is 33.6. The Bertz CT molecular complexity index is 4600. The quantitative estimate of drug-likeness (QED) is 0.0407. The van der Waals surface area contributed by atoms with E-state index >= 15 is 28.8 Å². The lowest BCUT2D eigenvalue weighted by atomic mass is 9.86. The molecule has 660 valence electrons. The summed E-state index contributed by atoms with van der Waals surface area (Å²) >= 11 is 7.24. The number of hydrogen-bond donors (Lipinski definition) is 19. The third kappa shape index (κ3) is 21.6. The molecular formula is C83H111ClN12O25. The van der Waals surface area contributed by atoms with Gasteiger partial charge >= 0.3 is 0 Å². The Morgan fingerprint density at radius 2 is 1.26 bits per heavy atom. The number of hydrogen-bond acceptors (Lipinski definition) is 30. The van der Waals surface area contributed by atoms with Gasteiger partial charge in [0.1, 0.15) is 101 Å². The number of nitrogens with one attached hydrogen (secondary N) is 8. The van der Waals surface area contributed by atoms with Crippen molar-refractivity contribution in [3.63, 3.8) is 0 Å². The Morgan fingerprint density at radius 1 is 0.661 bits per heavy atom. The zero-order valence-electron chi connectivity index (χ0n) is 69.0. The fourth-order valence-electron chi connectivity index (χ4n) is 15.7. The van der Waals surface area contributed by atoms with Crippen LogP contribution >= 0.6 is 11.6 Å². The van der Waals surface area contributed by atoms with E-state index in [1.165, 1.54) is 83.3 Å². The van der Waals surface area contributed by atoms with E-state index in [0.29, 0.717) is 19.5 Å². The first-order chi connectivity index (χ1) is 57.1. The lowest BCUT2D eigenvalue weighted by Gasteiger charge is -2.47. The van der Waals surface area contributed by atoms with Gasteiger partial charge in [0.2, 0.25) is 53.4 Å². The molecule has 0 aromatic heterocycles. The lowest BCUT2D eigenvalue weighted by Crippen LogP contribution is -2.64. The predicted octanol–water partition coefficient (Wildman–Crippen LogP) is 1.10. The molecule has 21 N–H and O–H groups in total. The molecule has 8 aliphatic heterocycles. The number of carbonyl (C=O) groups is 8. The number of rotatable bonds is 23. The maximum Gasteiger partial charge on any atom is 0.248 e.